The molecule has 0 atom stereocenters. The summed E-state index contributed by atoms with van der Waals surface area (Å²) >= 11 is 0. The lowest BCUT2D eigenvalue weighted by Crippen LogP contribution is -2.39. The lowest BCUT2D eigenvalue weighted by molar-refractivity contribution is 0.261. The summed E-state index contributed by atoms with van der Waals surface area (Å²) in [5.41, 5.74) is 0.121. The minimum absolute atomic E-state index is 0.121. The van der Waals surface area contributed by atoms with Gasteiger partial charge in [0.25, 0.3) is 0 Å². The van der Waals surface area contributed by atoms with Crippen LogP contribution in [0.3, 0.4) is 0 Å². The van der Waals surface area contributed by atoms with Gasteiger partial charge in [-0.25, -0.2) is 0 Å². The maximum atomic E-state index is 5.69. The summed E-state index contributed by atoms with van der Waals surface area (Å²) in [6.45, 7) is 9.45. The lowest BCUT2D eigenvalue weighted by Gasteiger charge is -2.32. The van der Waals surface area contributed by atoms with E-state index in [1.54, 1.807) is 0 Å². The van der Waals surface area contributed by atoms with E-state index in [2.05, 4.69) is 27.7 Å². The van der Waals surface area contributed by atoms with E-state index in [-0.39, 0.29) is 5.54 Å². The molecular formula is C7H16BN. The molecule has 0 saturated heterocycles. The van der Waals surface area contributed by atoms with Crippen molar-refractivity contribution in [2.24, 2.45) is 0 Å². The molecule has 1 nitrogen and oxygen atoms in total. The largest absolute Gasteiger partial charge is 0.349 e. The predicted octanol–water partition coefficient (Wildman–Crippen LogP) is 1.58. The highest BCUT2D eigenvalue weighted by Crippen LogP contribution is 2.08. The van der Waals surface area contributed by atoms with Gasteiger partial charge in [0.15, 0.2) is 7.98 Å². The van der Waals surface area contributed by atoms with E-state index < -0.39 is 0 Å². The van der Waals surface area contributed by atoms with E-state index in [0.29, 0.717) is 0 Å². The molecule has 0 saturated carbocycles. The minimum atomic E-state index is 0.121. The zero-order valence-electron chi connectivity index (χ0n) is 6.94. The fourth-order valence-corrected chi connectivity index (χ4v) is 0.576. The number of rotatable bonds is 2. The average Bonchev–Trinajstić information content (AvgIpc) is 1.64. The van der Waals surface area contributed by atoms with Crippen LogP contribution in [0.1, 0.15) is 34.1 Å². The molecule has 0 heterocycles. The van der Waals surface area contributed by atoms with Crippen LogP contribution in [0, 0.1) is 0 Å². The van der Waals surface area contributed by atoms with Gasteiger partial charge in [-0.3, -0.25) is 0 Å². The van der Waals surface area contributed by atoms with E-state index >= 15 is 0 Å². The van der Waals surface area contributed by atoms with Crippen molar-refractivity contribution >= 4 is 7.98 Å². The van der Waals surface area contributed by atoms with Gasteiger partial charge in [-0.1, -0.05) is 6.92 Å². The van der Waals surface area contributed by atoms with Gasteiger partial charge in [0.05, 0.1) is 0 Å². The summed E-state index contributed by atoms with van der Waals surface area (Å²) in [4.78, 5) is 1.87. The van der Waals surface area contributed by atoms with Crippen LogP contribution in [-0.2, 0) is 0 Å². The second-order valence-corrected chi connectivity index (χ2v) is 3.36. The van der Waals surface area contributed by atoms with Crippen molar-refractivity contribution in [3.63, 3.8) is 0 Å². The fraction of sp³-hybridized carbons (Fsp3) is 1.00. The van der Waals surface area contributed by atoms with Gasteiger partial charge in [0.1, 0.15) is 0 Å². The quantitative estimate of drug-likeness (QED) is 0.506. The van der Waals surface area contributed by atoms with Gasteiger partial charge >= 0.3 is 0 Å². The number of hydrogen-bond acceptors (Lipinski definition) is 1. The third kappa shape index (κ3) is 3.58. The Kier molecular flexibility index (Phi) is 3.27. The molecule has 0 fully saturated rings. The van der Waals surface area contributed by atoms with Crippen LogP contribution in [0.15, 0.2) is 0 Å². The molecule has 0 rings (SSSR count). The molecule has 2 radical (unpaired) electrons. The van der Waals surface area contributed by atoms with Gasteiger partial charge in [0, 0.05) is 5.54 Å². The summed E-state index contributed by atoms with van der Waals surface area (Å²) in [6, 6.07) is 0. The normalized spacial score (nSPS) is 12.6. The molecule has 52 valence electrons. The zero-order chi connectivity index (χ0) is 7.49. The first-order chi connectivity index (χ1) is 3.98. The lowest BCUT2D eigenvalue weighted by atomic mass is 10.0. The van der Waals surface area contributed by atoms with Crippen LogP contribution >= 0.6 is 0 Å². The highest BCUT2D eigenvalue weighted by molar-refractivity contribution is 6.04. The minimum Gasteiger partial charge on any atom is -0.349 e. The zero-order valence-corrected chi connectivity index (χ0v) is 6.94. The van der Waals surface area contributed by atoms with Gasteiger partial charge in [-0.05, 0) is 33.7 Å². The van der Waals surface area contributed by atoms with Gasteiger partial charge < -0.3 is 4.81 Å². The first-order valence-electron chi connectivity index (χ1n) is 3.51. The maximum absolute atomic E-state index is 5.69. The van der Waals surface area contributed by atoms with Crippen molar-refractivity contribution < 1.29 is 0 Å². The molecule has 0 bridgehead atoms. The molecule has 9 heavy (non-hydrogen) atoms. The van der Waals surface area contributed by atoms with Crippen LogP contribution in [0.5, 0.6) is 0 Å². The highest BCUT2D eigenvalue weighted by atomic mass is 15.1. The van der Waals surface area contributed by atoms with Crippen LogP contribution in [0.2, 0.25) is 0 Å². The van der Waals surface area contributed by atoms with Crippen molar-refractivity contribution in [3.05, 3.63) is 0 Å². The molecule has 0 unspecified atom stereocenters. The summed E-state index contributed by atoms with van der Waals surface area (Å²) in [5.74, 6) is 0. The Balaban J connectivity index is 3.59. The fourth-order valence-electron chi connectivity index (χ4n) is 0.576. The second-order valence-electron chi connectivity index (χ2n) is 3.36. The second kappa shape index (κ2) is 3.26. The number of nitrogens with zero attached hydrogens (tertiary/aromatic N) is 1. The Morgan fingerprint density at radius 2 is 1.78 bits per heavy atom. The third-order valence-corrected chi connectivity index (χ3v) is 1.33. The SMILES string of the molecule is [B]N(CCC)C(C)(C)C. The van der Waals surface area contributed by atoms with Gasteiger partial charge in [0.2, 0.25) is 0 Å². The van der Waals surface area contributed by atoms with Gasteiger partial charge in [-0.15, -0.1) is 0 Å². The average molecular weight is 125 g/mol. The van der Waals surface area contributed by atoms with Crippen molar-refractivity contribution in [3.8, 4) is 0 Å². The monoisotopic (exact) mass is 125 g/mol. The molecule has 0 aliphatic heterocycles. The summed E-state index contributed by atoms with van der Waals surface area (Å²) in [7, 11) is 5.69. The van der Waals surface area contributed by atoms with Crippen molar-refractivity contribution in [1.29, 1.82) is 0 Å². The Morgan fingerprint density at radius 1 is 1.33 bits per heavy atom. The molecular weight excluding hydrogens is 109 g/mol. The smallest absolute Gasteiger partial charge is 0.183 e. The van der Waals surface area contributed by atoms with E-state index in [1.165, 1.54) is 0 Å². The van der Waals surface area contributed by atoms with Crippen molar-refractivity contribution in [2.75, 3.05) is 6.54 Å². The van der Waals surface area contributed by atoms with Crippen LogP contribution in [0.4, 0.5) is 0 Å². The Hall–Kier alpha value is 0.0249. The molecule has 2 heteroatoms. The van der Waals surface area contributed by atoms with E-state index in [4.69, 9.17) is 7.98 Å². The van der Waals surface area contributed by atoms with Crippen LogP contribution in [0.25, 0.3) is 0 Å². The van der Waals surface area contributed by atoms with Crippen molar-refractivity contribution in [2.45, 2.75) is 39.7 Å². The molecule has 0 amide bonds. The van der Waals surface area contributed by atoms with E-state index in [9.17, 15) is 0 Å². The standard InChI is InChI=1S/C7H16BN/c1-5-6-9(8)7(2,3)4/h5-6H2,1-4H3. The number of hydrogen-bond donors (Lipinski definition) is 0. The summed E-state index contributed by atoms with van der Waals surface area (Å²) in [5, 5.41) is 0. The Bertz CT molecular complexity index is 75.5. The molecule has 0 aromatic rings. The topological polar surface area (TPSA) is 3.24 Å². The summed E-state index contributed by atoms with van der Waals surface area (Å²) in [6.07, 6.45) is 1.12. The van der Waals surface area contributed by atoms with E-state index in [1.807, 2.05) is 4.81 Å². The van der Waals surface area contributed by atoms with Crippen LogP contribution < -0.4 is 0 Å². The first kappa shape index (κ1) is 9.02. The maximum Gasteiger partial charge on any atom is 0.183 e. The van der Waals surface area contributed by atoms with Crippen molar-refractivity contribution in [1.82, 2.24) is 4.81 Å². The Labute approximate surface area is 59.9 Å². The third-order valence-electron chi connectivity index (χ3n) is 1.33. The summed E-state index contributed by atoms with van der Waals surface area (Å²) < 4.78 is 0. The molecule has 0 aromatic carbocycles. The molecule has 0 aromatic heterocycles. The molecule has 0 aliphatic carbocycles. The molecule has 0 aliphatic rings. The van der Waals surface area contributed by atoms with E-state index in [0.717, 1.165) is 13.0 Å². The first-order valence-corrected chi connectivity index (χ1v) is 3.51. The van der Waals surface area contributed by atoms with Crippen LogP contribution in [-0.4, -0.2) is 24.9 Å². The highest BCUT2D eigenvalue weighted by Gasteiger charge is 2.14. The molecule has 0 N–H and O–H groups in total. The molecule has 0 spiro atoms. The van der Waals surface area contributed by atoms with Gasteiger partial charge in [-0.2, -0.15) is 0 Å². The predicted molar refractivity (Wildman–Crippen MR) is 42.5 cm³/mol. The Morgan fingerprint density at radius 3 is 1.89 bits per heavy atom.